The maximum absolute atomic E-state index is 4.57. The molecule has 0 unspecified atom stereocenters. The lowest BCUT2D eigenvalue weighted by Gasteiger charge is -2.26. The van der Waals surface area contributed by atoms with E-state index < -0.39 is 0 Å². The van der Waals surface area contributed by atoms with E-state index in [0.717, 1.165) is 41.9 Å². The monoisotopic (exact) mass is 234 g/mol. The number of nitrogens with zero attached hydrogens (tertiary/aromatic N) is 2. The molecule has 0 atom stereocenters. The molecule has 0 aliphatic heterocycles. The molecule has 0 saturated heterocycles. The molecule has 0 radical (unpaired) electrons. The van der Waals surface area contributed by atoms with E-state index in [9.17, 15) is 0 Å². The molecule has 1 heterocycles. The summed E-state index contributed by atoms with van der Waals surface area (Å²) in [4.78, 5) is 9.04. The van der Waals surface area contributed by atoms with Crippen molar-refractivity contribution in [3.05, 3.63) is 11.4 Å². The van der Waals surface area contributed by atoms with Crippen molar-refractivity contribution in [1.82, 2.24) is 9.97 Å². The Morgan fingerprint density at radius 1 is 1.24 bits per heavy atom. The molecule has 4 heteroatoms. The van der Waals surface area contributed by atoms with Gasteiger partial charge in [-0.25, -0.2) is 9.97 Å². The summed E-state index contributed by atoms with van der Waals surface area (Å²) in [6, 6.07) is 0. The standard InChI is InChI=1S/C13H22N4/c1-4-11-16-12(14-3)9(2)13(17-11)15-8-10-6-5-7-10/h10H,4-8H2,1-3H3,(H2,14,15,16,17). The zero-order valence-electron chi connectivity index (χ0n) is 11.0. The minimum atomic E-state index is 0.840. The summed E-state index contributed by atoms with van der Waals surface area (Å²) in [5.74, 6) is 3.67. The fraction of sp³-hybridized carbons (Fsp3) is 0.692. The lowest BCUT2D eigenvalue weighted by Crippen LogP contribution is -2.22. The molecular weight excluding hydrogens is 212 g/mol. The van der Waals surface area contributed by atoms with Crippen molar-refractivity contribution < 1.29 is 0 Å². The Morgan fingerprint density at radius 3 is 2.47 bits per heavy atom. The number of anilines is 2. The van der Waals surface area contributed by atoms with Gasteiger partial charge in [0.2, 0.25) is 0 Å². The van der Waals surface area contributed by atoms with Gasteiger partial charge in [0.1, 0.15) is 17.5 Å². The van der Waals surface area contributed by atoms with Gasteiger partial charge in [-0.2, -0.15) is 0 Å². The van der Waals surface area contributed by atoms with E-state index >= 15 is 0 Å². The average Bonchev–Trinajstić information content (AvgIpc) is 2.29. The summed E-state index contributed by atoms with van der Waals surface area (Å²) in [6.07, 6.45) is 4.97. The number of aromatic nitrogens is 2. The van der Waals surface area contributed by atoms with Crippen LogP contribution in [0.5, 0.6) is 0 Å². The molecule has 1 aliphatic rings. The van der Waals surface area contributed by atoms with E-state index in [1.165, 1.54) is 19.3 Å². The first-order chi connectivity index (χ1) is 8.24. The van der Waals surface area contributed by atoms with Gasteiger partial charge in [-0.1, -0.05) is 13.3 Å². The molecule has 4 nitrogen and oxygen atoms in total. The molecule has 0 bridgehead atoms. The van der Waals surface area contributed by atoms with Crippen LogP contribution in [0.2, 0.25) is 0 Å². The molecule has 17 heavy (non-hydrogen) atoms. The second-order valence-corrected chi connectivity index (χ2v) is 4.74. The highest BCUT2D eigenvalue weighted by atomic mass is 15.1. The number of hydrogen-bond acceptors (Lipinski definition) is 4. The lowest BCUT2D eigenvalue weighted by atomic mass is 9.85. The van der Waals surface area contributed by atoms with Crippen LogP contribution >= 0.6 is 0 Å². The van der Waals surface area contributed by atoms with E-state index in [2.05, 4.69) is 34.4 Å². The van der Waals surface area contributed by atoms with Gasteiger partial charge in [-0.05, 0) is 25.7 Å². The third-order valence-electron chi connectivity index (χ3n) is 3.53. The summed E-state index contributed by atoms with van der Waals surface area (Å²) in [5, 5.41) is 6.61. The fourth-order valence-electron chi connectivity index (χ4n) is 2.07. The van der Waals surface area contributed by atoms with Crippen molar-refractivity contribution in [2.24, 2.45) is 5.92 Å². The van der Waals surface area contributed by atoms with Crippen molar-refractivity contribution in [3.8, 4) is 0 Å². The maximum Gasteiger partial charge on any atom is 0.134 e. The third-order valence-corrected chi connectivity index (χ3v) is 3.53. The van der Waals surface area contributed by atoms with Gasteiger partial charge in [0.15, 0.2) is 0 Å². The largest absolute Gasteiger partial charge is 0.373 e. The topological polar surface area (TPSA) is 49.8 Å². The van der Waals surface area contributed by atoms with Crippen LogP contribution in [0.1, 0.15) is 37.6 Å². The Morgan fingerprint density at radius 2 is 1.94 bits per heavy atom. The SMILES string of the molecule is CCc1nc(NC)c(C)c(NCC2CCC2)n1. The minimum absolute atomic E-state index is 0.840. The van der Waals surface area contributed by atoms with Gasteiger partial charge in [-0.3, -0.25) is 0 Å². The third kappa shape index (κ3) is 2.68. The molecule has 2 rings (SSSR count). The predicted molar refractivity (Wildman–Crippen MR) is 71.5 cm³/mol. The minimum Gasteiger partial charge on any atom is -0.373 e. The molecule has 0 spiro atoms. The van der Waals surface area contributed by atoms with Crippen molar-refractivity contribution >= 4 is 11.6 Å². The normalized spacial score (nSPS) is 15.5. The van der Waals surface area contributed by atoms with Crippen molar-refractivity contribution in [1.29, 1.82) is 0 Å². The zero-order chi connectivity index (χ0) is 12.3. The lowest BCUT2D eigenvalue weighted by molar-refractivity contribution is 0.333. The molecule has 94 valence electrons. The van der Waals surface area contributed by atoms with E-state index in [1.54, 1.807) is 0 Å². The number of hydrogen-bond donors (Lipinski definition) is 2. The first-order valence-corrected chi connectivity index (χ1v) is 6.53. The van der Waals surface area contributed by atoms with Crippen LogP contribution in [0, 0.1) is 12.8 Å². The van der Waals surface area contributed by atoms with Crippen LogP contribution in [0.4, 0.5) is 11.6 Å². The quantitative estimate of drug-likeness (QED) is 0.822. The van der Waals surface area contributed by atoms with Crippen molar-refractivity contribution in [3.63, 3.8) is 0 Å². The van der Waals surface area contributed by atoms with E-state index in [4.69, 9.17) is 0 Å². The Hall–Kier alpha value is -1.32. The molecule has 1 aromatic rings. The molecule has 1 aliphatic carbocycles. The highest BCUT2D eigenvalue weighted by Crippen LogP contribution is 2.27. The van der Waals surface area contributed by atoms with Crippen LogP contribution in [-0.2, 0) is 6.42 Å². The van der Waals surface area contributed by atoms with Crippen molar-refractivity contribution in [2.45, 2.75) is 39.5 Å². The smallest absolute Gasteiger partial charge is 0.134 e. The average molecular weight is 234 g/mol. The maximum atomic E-state index is 4.57. The van der Waals surface area contributed by atoms with Crippen LogP contribution in [-0.4, -0.2) is 23.6 Å². The van der Waals surface area contributed by atoms with Gasteiger partial charge in [0, 0.05) is 25.6 Å². The Balaban J connectivity index is 2.12. The predicted octanol–water partition coefficient (Wildman–Crippen LogP) is 2.60. The Kier molecular flexibility index (Phi) is 3.82. The van der Waals surface area contributed by atoms with Gasteiger partial charge in [-0.15, -0.1) is 0 Å². The van der Waals surface area contributed by atoms with Crippen LogP contribution in [0.15, 0.2) is 0 Å². The Bertz CT molecular complexity index is 385. The van der Waals surface area contributed by atoms with Crippen molar-refractivity contribution in [2.75, 3.05) is 24.2 Å². The Labute approximate surface area is 103 Å². The van der Waals surface area contributed by atoms with E-state index in [1.807, 2.05) is 7.05 Å². The summed E-state index contributed by atoms with van der Waals surface area (Å²) in [5.41, 5.74) is 1.11. The van der Waals surface area contributed by atoms with Gasteiger partial charge in [0.05, 0.1) is 0 Å². The summed E-state index contributed by atoms with van der Waals surface area (Å²) < 4.78 is 0. The van der Waals surface area contributed by atoms with E-state index in [-0.39, 0.29) is 0 Å². The molecular formula is C13H22N4. The first kappa shape index (κ1) is 12.1. The molecule has 0 aromatic carbocycles. The highest BCUT2D eigenvalue weighted by molar-refractivity contribution is 5.57. The van der Waals surface area contributed by atoms with Crippen LogP contribution in [0.3, 0.4) is 0 Å². The number of nitrogens with one attached hydrogen (secondary N) is 2. The first-order valence-electron chi connectivity index (χ1n) is 6.53. The van der Waals surface area contributed by atoms with Crippen LogP contribution in [0.25, 0.3) is 0 Å². The van der Waals surface area contributed by atoms with Gasteiger partial charge in [0.25, 0.3) is 0 Å². The molecule has 1 aromatic heterocycles. The van der Waals surface area contributed by atoms with E-state index in [0.29, 0.717) is 0 Å². The zero-order valence-corrected chi connectivity index (χ0v) is 11.0. The fourth-order valence-corrected chi connectivity index (χ4v) is 2.07. The summed E-state index contributed by atoms with van der Waals surface area (Å²) in [6.45, 7) is 5.19. The molecule has 0 amide bonds. The highest BCUT2D eigenvalue weighted by Gasteiger charge is 2.18. The summed E-state index contributed by atoms with van der Waals surface area (Å²) in [7, 11) is 1.91. The van der Waals surface area contributed by atoms with Gasteiger partial charge >= 0.3 is 0 Å². The number of rotatable bonds is 5. The second kappa shape index (κ2) is 5.34. The number of aryl methyl sites for hydroxylation is 1. The van der Waals surface area contributed by atoms with Crippen LogP contribution < -0.4 is 10.6 Å². The second-order valence-electron chi connectivity index (χ2n) is 4.74. The molecule has 2 N–H and O–H groups in total. The molecule has 1 saturated carbocycles. The molecule has 1 fully saturated rings. The summed E-state index contributed by atoms with van der Waals surface area (Å²) >= 11 is 0. The van der Waals surface area contributed by atoms with Gasteiger partial charge < -0.3 is 10.6 Å².